The first-order valence-electron chi connectivity index (χ1n) is 9.84. The third kappa shape index (κ3) is 5.16. The van der Waals surface area contributed by atoms with Crippen molar-refractivity contribution in [2.45, 2.75) is 12.8 Å². The van der Waals surface area contributed by atoms with Crippen molar-refractivity contribution in [3.63, 3.8) is 0 Å². The van der Waals surface area contributed by atoms with Gasteiger partial charge in [-0.1, -0.05) is 60.7 Å². The molecule has 0 bridgehead atoms. The molecule has 0 aliphatic heterocycles. The van der Waals surface area contributed by atoms with Crippen LogP contribution in [0, 0.1) is 0 Å². The number of carboxylic acid groups (broad SMARTS) is 1. The van der Waals surface area contributed by atoms with Gasteiger partial charge in [-0.2, -0.15) is 0 Å². The fourth-order valence-corrected chi connectivity index (χ4v) is 4.14. The topological polar surface area (TPSA) is 46.5 Å². The largest absolute Gasteiger partial charge is 0.493 e. The van der Waals surface area contributed by atoms with Gasteiger partial charge in [0.2, 0.25) is 0 Å². The first-order chi connectivity index (χ1) is 14.7. The number of rotatable bonds is 8. The van der Waals surface area contributed by atoms with Crippen LogP contribution in [0.25, 0.3) is 16.8 Å². The van der Waals surface area contributed by atoms with E-state index in [1.54, 1.807) is 17.4 Å². The number of ether oxygens (including phenoxy) is 1. The molecule has 150 valence electrons. The van der Waals surface area contributed by atoms with Crippen molar-refractivity contribution in [1.82, 2.24) is 0 Å². The van der Waals surface area contributed by atoms with E-state index in [2.05, 4.69) is 41.8 Å². The van der Waals surface area contributed by atoms with E-state index in [4.69, 9.17) is 9.84 Å². The third-order valence-electron chi connectivity index (χ3n) is 4.90. The molecule has 0 saturated carbocycles. The Labute approximate surface area is 179 Å². The van der Waals surface area contributed by atoms with Crippen LogP contribution in [0.3, 0.4) is 0 Å². The number of fused-ring (bicyclic) bond motifs is 1. The summed E-state index contributed by atoms with van der Waals surface area (Å²) in [6.45, 7) is 0.523. The average molecular weight is 415 g/mol. The van der Waals surface area contributed by atoms with Crippen LogP contribution < -0.4 is 4.74 Å². The van der Waals surface area contributed by atoms with E-state index in [0.29, 0.717) is 12.4 Å². The van der Waals surface area contributed by atoms with Crippen molar-refractivity contribution >= 4 is 34.2 Å². The normalized spacial score (nSPS) is 11.2. The fraction of sp³-hybridized carbons (Fsp3) is 0.115. The molecule has 0 saturated heterocycles. The Morgan fingerprint density at radius 1 is 0.933 bits per heavy atom. The molecule has 1 N–H and O–H groups in total. The number of hydrogen-bond acceptors (Lipinski definition) is 3. The number of carboxylic acids is 1. The van der Waals surface area contributed by atoms with E-state index in [0.717, 1.165) is 30.0 Å². The lowest BCUT2D eigenvalue weighted by atomic mass is 10.1. The van der Waals surface area contributed by atoms with Crippen molar-refractivity contribution in [2.24, 2.45) is 0 Å². The van der Waals surface area contributed by atoms with Gasteiger partial charge >= 0.3 is 5.97 Å². The van der Waals surface area contributed by atoms with Crippen molar-refractivity contribution < 1.29 is 14.6 Å². The first-order valence-corrected chi connectivity index (χ1v) is 10.7. The molecule has 3 nitrogen and oxygen atoms in total. The van der Waals surface area contributed by atoms with Crippen LogP contribution >= 0.6 is 11.3 Å². The quantitative estimate of drug-likeness (QED) is 0.349. The van der Waals surface area contributed by atoms with Crippen molar-refractivity contribution in [3.05, 3.63) is 106 Å². The molecular weight excluding hydrogens is 392 g/mol. The molecule has 4 rings (SSSR count). The van der Waals surface area contributed by atoms with Crippen molar-refractivity contribution in [3.8, 4) is 5.75 Å². The van der Waals surface area contributed by atoms with Crippen molar-refractivity contribution in [1.29, 1.82) is 0 Å². The van der Waals surface area contributed by atoms with Gasteiger partial charge in [0.1, 0.15) is 5.75 Å². The van der Waals surface area contributed by atoms with Gasteiger partial charge in [-0.15, -0.1) is 11.3 Å². The van der Waals surface area contributed by atoms with Gasteiger partial charge in [0.25, 0.3) is 0 Å². The molecule has 1 aromatic heterocycles. The summed E-state index contributed by atoms with van der Waals surface area (Å²) in [4.78, 5) is 12.2. The third-order valence-corrected chi connectivity index (χ3v) is 5.78. The maximum Gasteiger partial charge on any atom is 0.328 e. The van der Waals surface area contributed by atoms with E-state index in [9.17, 15) is 4.79 Å². The van der Waals surface area contributed by atoms with Crippen molar-refractivity contribution in [2.75, 3.05) is 6.61 Å². The molecule has 4 heteroatoms. The summed E-state index contributed by atoms with van der Waals surface area (Å²) in [6.07, 6.45) is 4.34. The molecule has 30 heavy (non-hydrogen) atoms. The first kappa shape index (κ1) is 19.9. The average Bonchev–Trinajstić information content (AvgIpc) is 3.26. The van der Waals surface area contributed by atoms with Gasteiger partial charge in [-0.05, 0) is 45.5 Å². The number of carbonyl (C=O) groups is 1. The summed E-state index contributed by atoms with van der Waals surface area (Å²) in [5.74, 6) is -0.262. The van der Waals surface area contributed by atoms with Crippen LogP contribution in [-0.4, -0.2) is 17.7 Å². The Bertz CT molecular complexity index is 1180. The smallest absolute Gasteiger partial charge is 0.328 e. The SMILES string of the molecule is O=C(O)C=Cc1ccc(Cc2cccs2)cc1OCCc1ccc2ccccc2c1. The predicted molar refractivity (Wildman–Crippen MR) is 123 cm³/mol. The molecule has 0 radical (unpaired) electrons. The number of benzene rings is 3. The highest BCUT2D eigenvalue weighted by Crippen LogP contribution is 2.25. The highest BCUT2D eigenvalue weighted by molar-refractivity contribution is 7.09. The fourth-order valence-electron chi connectivity index (χ4n) is 3.40. The highest BCUT2D eigenvalue weighted by Gasteiger charge is 2.06. The number of aliphatic carboxylic acids is 1. The summed E-state index contributed by atoms with van der Waals surface area (Å²) in [5.41, 5.74) is 3.13. The standard InChI is InChI=1S/C26H22O3S/c27-26(28)12-11-22-10-8-20(17-24-6-3-15-30-24)18-25(22)29-14-13-19-7-9-21-4-1-2-5-23(21)16-19/h1-12,15-16,18H,13-14,17H2,(H,27,28). The molecule has 1 heterocycles. The minimum Gasteiger partial charge on any atom is -0.493 e. The minimum absolute atomic E-state index is 0.523. The molecule has 4 aromatic rings. The van der Waals surface area contributed by atoms with Crippen LogP contribution in [0.2, 0.25) is 0 Å². The maximum absolute atomic E-state index is 10.9. The Morgan fingerprint density at radius 3 is 2.57 bits per heavy atom. The molecule has 0 unspecified atom stereocenters. The van der Waals surface area contributed by atoms with Crippen LogP contribution in [0.15, 0.2) is 84.3 Å². The Hall–Kier alpha value is -3.37. The van der Waals surface area contributed by atoms with Crippen LogP contribution in [0.5, 0.6) is 5.75 Å². The van der Waals surface area contributed by atoms with E-state index in [1.807, 2.05) is 36.4 Å². The van der Waals surface area contributed by atoms with Gasteiger partial charge in [0, 0.05) is 29.4 Å². The maximum atomic E-state index is 10.9. The summed E-state index contributed by atoms with van der Waals surface area (Å²) in [5, 5.41) is 13.5. The monoisotopic (exact) mass is 414 g/mol. The van der Waals surface area contributed by atoms with E-state index in [-0.39, 0.29) is 0 Å². The lowest BCUT2D eigenvalue weighted by Gasteiger charge is -2.12. The summed E-state index contributed by atoms with van der Waals surface area (Å²) >= 11 is 1.73. The summed E-state index contributed by atoms with van der Waals surface area (Å²) in [6, 6.07) is 24.9. The molecule has 0 aliphatic carbocycles. The second-order valence-electron chi connectivity index (χ2n) is 7.08. The molecule has 0 aliphatic rings. The van der Waals surface area contributed by atoms with Crippen LogP contribution in [0.4, 0.5) is 0 Å². The van der Waals surface area contributed by atoms with Crippen LogP contribution in [0.1, 0.15) is 21.6 Å². The highest BCUT2D eigenvalue weighted by atomic mass is 32.1. The summed E-state index contributed by atoms with van der Waals surface area (Å²) < 4.78 is 6.10. The molecule has 0 atom stereocenters. The predicted octanol–water partition coefficient (Wildman–Crippen LogP) is 6.21. The molecule has 0 fully saturated rings. The lowest BCUT2D eigenvalue weighted by Crippen LogP contribution is -2.03. The molecular formula is C26H22O3S. The summed E-state index contributed by atoms with van der Waals surface area (Å²) in [7, 11) is 0. The Kier molecular flexibility index (Phi) is 6.26. The molecule has 0 spiro atoms. The number of hydrogen-bond donors (Lipinski definition) is 1. The van der Waals surface area contributed by atoms with Gasteiger partial charge in [0.15, 0.2) is 0 Å². The van der Waals surface area contributed by atoms with E-state index >= 15 is 0 Å². The Morgan fingerprint density at radius 2 is 1.77 bits per heavy atom. The lowest BCUT2D eigenvalue weighted by molar-refractivity contribution is -0.131. The van der Waals surface area contributed by atoms with Gasteiger partial charge in [-0.3, -0.25) is 0 Å². The van der Waals surface area contributed by atoms with Gasteiger partial charge in [-0.25, -0.2) is 4.79 Å². The second-order valence-corrected chi connectivity index (χ2v) is 8.11. The van der Waals surface area contributed by atoms with Gasteiger partial charge in [0.05, 0.1) is 6.61 Å². The zero-order valence-corrected chi connectivity index (χ0v) is 17.3. The minimum atomic E-state index is -0.972. The van der Waals surface area contributed by atoms with Gasteiger partial charge < -0.3 is 9.84 Å². The molecule has 0 amide bonds. The van der Waals surface area contributed by atoms with E-state index in [1.165, 1.54) is 21.2 Å². The van der Waals surface area contributed by atoms with Crippen LogP contribution in [-0.2, 0) is 17.6 Å². The number of thiophene rings is 1. The Balaban J connectivity index is 1.49. The van der Waals surface area contributed by atoms with E-state index < -0.39 is 5.97 Å². The zero-order chi connectivity index (χ0) is 20.8. The second kappa shape index (κ2) is 9.42. The molecule has 3 aromatic carbocycles. The zero-order valence-electron chi connectivity index (χ0n) is 16.5.